The number of hydrogen-bond donors (Lipinski definition) is 2. The number of aromatic nitrogens is 3. The van der Waals surface area contributed by atoms with E-state index in [9.17, 15) is 9.90 Å². The Morgan fingerprint density at radius 1 is 1.37 bits per heavy atom. The Balaban J connectivity index is 1.64. The fourth-order valence-electron chi connectivity index (χ4n) is 3.76. The third-order valence-electron chi connectivity index (χ3n) is 5.39. The van der Waals surface area contributed by atoms with Gasteiger partial charge in [-0.25, -0.2) is 0 Å². The lowest BCUT2D eigenvalue weighted by molar-refractivity contribution is 0.0235. The molecule has 1 aromatic carbocycles. The fraction of sp³-hybridized carbons (Fsp3) is 0.381. The highest BCUT2D eigenvalue weighted by atomic mass is 16.3. The topological polar surface area (TPSA) is 80.0 Å². The van der Waals surface area contributed by atoms with E-state index in [-0.39, 0.29) is 24.0 Å². The zero-order chi connectivity index (χ0) is 19.0. The third kappa shape index (κ3) is 3.45. The highest BCUT2D eigenvalue weighted by molar-refractivity contribution is 5.95. The predicted molar refractivity (Wildman–Crippen MR) is 103 cm³/mol. The number of para-hydroxylation sites is 1. The standard InChI is InChI=1S/C21H24N4O2/c1-3-25-12-18(13(2)24-25)21(27)23-20(15-9-17(26)10-15)16-8-14-6-4-5-7-19(14)22-11-16/h4-8,11-12,15,17,20,26H,3,9-10H2,1-2H3,(H,23,27)/t15?,17?,20-/m0/s1. The number of pyridine rings is 1. The first-order chi connectivity index (χ1) is 13.0. The molecular weight excluding hydrogens is 340 g/mol. The highest BCUT2D eigenvalue weighted by Gasteiger charge is 2.36. The molecule has 3 aromatic rings. The molecule has 1 fully saturated rings. The van der Waals surface area contributed by atoms with Gasteiger partial charge in [0.1, 0.15) is 0 Å². The van der Waals surface area contributed by atoms with Crippen LogP contribution in [0.2, 0.25) is 0 Å². The first-order valence-corrected chi connectivity index (χ1v) is 9.42. The van der Waals surface area contributed by atoms with E-state index in [4.69, 9.17) is 0 Å². The van der Waals surface area contributed by atoms with Crippen molar-refractivity contribution in [1.82, 2.24) is 20.1 Å². The van der Waals surface area contributed by atoms with Crippen LogP contribution in [0.5, 0.6) is 0 Å². The maximum absolute atomic E-state index is 12.9. The molecule has 2 N–H and O–H groups in total. The molecule has 1 amide bonds. The number of carbonyl (C=O) groups excluding carboxylic acids is 1. The van der Waals surface area contributed by atoms with E-state index in [2.05, 4.69) is 21.5 Å². The summed E-state index contributed by atoms with van der Waals surface area (Å²) in [4.78, 5) is 17.5. The van der Waals surface area contributed by atoms with Crippen LogP contribution < -0.4 is 5.32 Å². The number of benzene rings is 1. The largest absolute Gasteiger partial charge is 0.393 e. The van der Waals surface area contributed by atoms with Gasteiger partial charge in [0.05, 0.1) is 28.9 Å². The van der Waals surface area contributed by atoms with Gasteiger partial charge in [0.2, 0.25) is 0 Å². The molecule has 0 bridgehead atoms. The Morgan fingerprint density at radius 2 is 2.15 bits per heavy atom. The van der Waals surface area contributed by atoms with Crippen molar-refractivity contribution >= 4 is 16.8 Å². The zero-order valence-electron chi connectivity index (χ0n) is 15.6. The zero-order valence-corrected chi connectivity index (χ0v) is 15.6. The molecule has 6 heteroatoms. The van der Waals surface area contributed by atoms with Gasteiger partial charge < -0.3 is 10.4 Å². The van der Waals surface area contributed by atoms with E-state index in [0.717, 1.165) is 28.7 Å². The van der Waals surface area contributed by atoms with Crippen LogP contribution in [-0.2, 0) is 6.54 Å². The first kappa shape index (κ1) is 17.7. The van der Waals surface area contributed by atoms with Gasteiger partial charge in [-0.1, -0.05) is 18.2 Å². The number of hydrogen-bond acceptors (Lipinski definition) is 4. The number of rotatable bonds is 5. The minimum atomic E-state index is -0.285. The number of nitrogens with one attached hydrogen (secondary N) is 1. The van der Waals surface area contributed by atoms with Crippen molar-refractivity contribution in [2.45, 2.75) is 45.4 Å². The quantitative estimate of drug-likeness (QED) is 0.729. The van der Waals surface area contributed by atoms with Gasteiger partial charge in [-0.05, 0) is 50.3 Å². The summed E-state index contributed by atoms with van der Waals surface area (Å²) >= 11 is 0. The van der Waals surface area contributed by atoms with Crippen LogP contribution in [0.4, 0.5) is 0 Å². The van der Waals surface area contributed by atoms with Gasteiger partial charge >= 0.3 is 0 Å². The van der Waals surface area contributed by atoms with Crippen molar-refractivity contribution in [3.8, 4) is 0 Å². The minimum Gasteiger partial charge on any atom is -0.393 e. The van der Waals surface area contributed by atoms with E-state index in [1.807, 2.05) is 44.3 Å². The molecule has 1 saturated carbocycles. The maximum Gasteiger partial charge on any atom is 0.255 e. The molecule has 1 atom stereocenters. The Bertz CT molecular complexity index is 975. The average molecular weight is 364 g/mol. The second-order valence-electron chi connectivity index (χ2n) is 7.28. The predicted octanol–water partition coefficient (Wildman–Crippen LogP) is 3.00. The average Bonchev–Trinajstić information content (AvgIpc) is 3.04. The van der Waals surface area contributed by atoms with Gasteiger partial charge in [0.25, 0.3) is 5.91 Å². The molecule has 0 saturated heterocycles. The highest BCUT2D eigenvalue weighted by Crippen LogP contribution is 2.38. The van der Waals surface area contributed by atoms with Gasteiger partial charge in [0.15, 0.2) is 0 Å². The monoisotopic (exact) mass is 364 g/mol. The summed E-state index contributed by atoms with van der Waals surface area (Å²) in [6.07, 6.45) is 4.71. The maximum atomic E-state index is 12.9. The van der Waals surface area contributed by atoms with E-state index >= 15 is 0 Å². The Morgan fingerprint density at radius 3 is 2.85 bits per heavy atom. The minimum absolute atomic E-state index is 0.133. The van der Waals surface area contributed by atoms with Crippen molar-refractivity contribution in [3.63, 3.8) is 0 Å². The molecule has 140 valence electrons. The molecule has 0 unspecified atom stereocenters. The molecule has 2 aromatic heterocycles. The van der Waals surface area contributed by atoms with Crippen LogP contribution in [0.3, 0.4) is 0 Å². The molecule has 0 radical (unpaired) electrons. The van der Waals surface area contributed by atoms with Crippen LogP contribution in [-0.4, -0.2) is 31.9 Å². The van der Waals surface area contributed by atoms with Crippen LogP contribution in [0, 0.1) is 12.8 Å². The second-order valence-corrected chi connectivity index (χ2v) is 7.28. The summed E-state index contributed by atoms with van der Waals surface area (Å²) in [7, 11) is 0. The lowest BCUT2D eigenvalue weighted by atomic mass is 9.75. The lowest BCUT2D eigenvalue weighted by Gasteiger charge is -2.38. The van der Waals surface area contributed by atoms with Crippen molar-refractivity contribution in [2.75, 3.05) is 0 Å². The smallest absolute Gasteiger partial charge is 0.255 e. The number of carbonyl (C=O) groups is 1. The summed E-state index contributed by atoms with van der Waals surface area (Å²) in [6.45, 7) is 4.56. The van der Waals surface area contributed by atoms with Crippen molar-refractivity contribution in [1.29, 1.82) is 0 Å². The molecule has 0 spiro atoms. The number of nitrogens with zero attached hydrogens (tertiary/aromatic N) is 3. The van der Waals surface area contributed by atoms with Crippen molar-refractivity contribution < 1.29 is 9.90 Å². The molecule has 6 nitrogen and oxygen atoms in total. The Labute approximate surface area is 158 Å². The number of aryl methyl sites for hydroxylation is 2. The Kier molecular flexibility index (Phi) is 4.66. The summed E-state index contributed by atoms with van der Waals surface area (Å²) in [5, 5.41) is 18.4. The number of aliphatic hydroxyl groups excluding tert-OH is 1. The summed E-state index contributed by atoms with van der Waals surface area (Å²) in [5.41, 5.74) is 3.22. The molecule has 4 rings (SSSR count). The molecule has 27 heavy (non-hydrogen) atoms. The van der Waals surface area contributed by atoms with Crippen molar-refractivity contribution in [3.05, 3.63) is 59.5 Å². The summed E-state index contributed by atoms with van der Waals surface area (Å²) < 4.78 is 1.77. The van der Waals surface area contributed by atoms with Gasteiger partial charge in [-0.2, -0.15) is 5.10 Å². The molecular formula is C21H24N4O2. The van der Waals surface area contributed by atoms with E-state index in [0.29, 0.717) is 18.4 Å². The van der Waals surface area contributed by atoms with Gasteiger partial charge in [-0.15, -0.1) is 0 Å². The van der Waals surface area contributed by atoms with Crippen LogP contribution in [0.25, 0.3) is 10.9 Å². The van der Waals surface area contributed by atoms with Crippen LogP contribution in [0.15, 0.2) is 42.7 Å². The SMILES string of the molecule is CCn1cc(C(=O)N[C@H](c2cnc3ccccc3c2)C2CC(O)C2)c(C)n1. The van der Waals surface area contributed by atoms with E-state index in [1.54, 1.807) is 10.9 Å². The van der Waals surface area contributed by atoms with Crippen LogP contribution in [0.1, 0.15) is 47.4 Å². The number of fused-ring (bicyclic) bond motifs is 1. The van der Waals surface area contributed by atoms with E-state index < -0.39 is 0 Å². The second kappa shape index (κ2) is 7.12. The summed E-state index contributed by atoms with van der Waals surface area (Å²) in [6, 6.07) is 9.85. The molecule has 1 aliphatic carbocycles. The van der Waals surface area contributed by atoms with Crippen LogP contribution >= 0.6 is 0 Å². The normalized spacial score (nSPS) is 20.3. The number of amides is 1. The summed E-state index contributed by atoms with van der Waals surface area (Å²) in [5.74, 6) is 0.0696. The third-order valence-corrected chi connectivity index (χ3v) is 5.39. The lowest BCUT2D eigenvalue weighted by Crippen LogP contribution is -2.41. The Hall–Kier alpha value is -2.73. The van der Waals surface area contributed by atoms with Gasteiger partial charge in [0, 0.05) is 24.3 Å². The molecule has 1 aliphatic rings. The fourth-order valence-corrected chi connectivity index (χ4v) is 3.76. The molecule has 2 heterocycles. The molecule has 0 aliphatic heterocycles. The van der Waals surface area contributed by atoms with E-state index in [1.165, 1.54) is 0 Å². The number of aliphatic hydroxyl groups is 1. The van der Waals surface area contributed by atoms with Crippen molar-refractivity contribution in [2.24, 2.45) is 5.92 Å². The first-order valence-electron chi connectivity index (χ1n) is 9.42. The van der Waals surface area contributed by atoms with Gasteiger partial charge in [-0.3, -0.25) is 14.5 Å².